The Morgan fingerprint density at radius 2 is 2.05 bits per heavy atom. The van der Waals surface area contributed by atoms with E-state index in [0.29, 0.717) is 18.7 Å². The molecule has 3 rings (SSSR count). The zero-order chi connectivity index (χ0) is 14.1. The average Bonchev–Trinajstić information content (AvgIpc) is 2.90. The molecule has 0 atom stereocenters. The maximum Gasteiger partial charge on any atom is 0.202 e. The van der Waals surface area contributed by atoms with Crippen LogP contribution in [0.2, 0.25) is 0 Å². The fourth-order valence-corrected chi connectivity index (χ4v) is 3.11. The van der Waals surface area contributed by atoms with Gasteiger partial charge in [0.05, 0.1) is 24.9 Å². The summed E-state index contributed by atoms with van der Waals surface area (Å²) < 4.78 is 9.81. The predicted octanol–water partition coefficient (Wildman–Crippen LogP) is 2.01. The van der Waals surface area contributed by atoms with Crippen molar-refractivity contribution in [2.45, 2.75) is 51.7 Å². The number of nitrogen functional groups attached to an aromatic ring is 1. The first-order chi connectivity index (χ1) is 9.66. The van der Waals surface area contributed by atoms with Crippen LogP contribution in [-0.4, -0.2) is 32.0 Å². The van der Waals surface area contributed by atoms with Gasteiger partial charge in [-0.3, -0.25) is 9.25 Å². The van der Waals surface area contributed by atoms with Crippen LogP contribution < -0.4 is 5.73 Å². The van der Waals surface area contributed by atoms with Crippen LogP contribution in [0.5, 0.6) is 0 Å². The van der Waals surface area contributed by atoms with Crippen molar-refractivity contribution in [3.05, 3.63) is 5.69 Å². The summed E-state index contributed by atoms with van der Waals surface area (Å²) in [4.78, 5) is 4.40. The molecule has 0 spiro atoms. The van der Waals surface area contributed by atoms with Crippen molar-refractivity contribution in [3.8, 4) is 0 Å². The number of imidazole rings is 1. The normalized spacial score (nSPS) is 17.1. The van der Waals surface area contributed by atoms with Gasteiger partial charge in [-0.15, -0.1) is 0 Å². The van der Waals surface area contributed by atoms with E-state index < -0.39 is 0 Å². The fourth-order valence-electron chi connectivity index (χ4n) is 3.11. The highest BCUT2D eigenvalue weighted by molar-refractivity contribution is 5.77. The zero-order valence-corrected chi connectivity index (χ0v) is 12.3. The van der Waals surface area contributed by atoms with E-state index in [9.17, 15) is 0 Å². The van der Waals surface area contributed by atoms with E-state index in [1.54, 1.807) is 0 Å². The molecule has 2 aromatic heterocycles. The molecule has 0 aliphatic heterocycles. The Morgan fingerprint density at radius 1 is 1.30 bits per heavy atom. The molecule has 2 aromatic rings. The number of ether oxygens (including phenoxy) is 1. The summed E-state index contributed by atoms with van der Waals surface area (Å²) in [6.45, 7) is 3.38. The standard InChI is InChI=1S/C14H23N5O/c1-10-12-13(18(2)17-10)19(14(15)16-12)8-9-20-11-6-4-3-5-7-11/h11H,3-9H2,1-2H3,(H2,15,16). The summed E-state index contributed by atoms with van der Waals surface area (Å²) in [6, 6.07) is 0. The number of hydrogen-bond donors (Lipinski definition) is 1. The minimum atomic E-state index is 0.428. The predicted molar refractivity (Wildman–Crippen MR) is 78.5 cm³/mol. The fraction of sp³-hybridized carbons (Fsp3) is 0.714. The second kappa shape index (κ2) is 5.44. The van der Waals surface area contributed by atoms with Crippen molar-refractivity contribution < 1.29 is 4.74 Å². The van der Waals surface area contributed by atoms with Crippen LogP contribution >= 0.6 is 0 Å². The van der Waals surface area contributed by atoms with Gasteiger partial charge in [-0.2, -0.15) is 5.10 Å². The van der Waals surface area contributed by atoms with Crippen molar-refractivity contribution >= 4 is 17.1 Å². The highest BCUT2D eigenvalue weighted by Crippen LogP contribution is 2.22. The molecule has 6 heteroatoms. The monoisotopic (exact) mass is 277 g/mol. The Bertz CT molecular complexity index is 594. The molecule has 0 bridgehead atoms. The van der Waals surface area contributed by atoms with Gasteiger partial charge in [-0.05, 0) is 19.8 Å². The van der Waals surface area contributed by atoms with E-state index in [1.165, 1.54) is 32.1 Å². The number of aryl methyl sites for hydroxylation is 2. The lowest BCUT2D eigenvalue weighted by molar-refractivity contribution is 0.0245. The third-order valence-corrected chi connectivity index (χ3v) is 4.14. The van der Waals surface area contributed by atoms with Gasteiger partial charge in [-0.25, -0.2) is 4.98 Å². The molecule has 20 heavy (non-hydrogen) atoms. The second-order valence-electron chi connectivity index (χ2n) is 5.63. The highest BCUT2D eigenvalue weighted by atomic mass is 16.5. The molecule has 0 radical (unpaired) electrons. The smallest absolute Gasteiger partial charge is 0.202 e. The summed E-state index contributed by atoms with van der Waals surface area (Å²) in [5.74, 6) is 0.545. The Morgan fingerprint density at radius 3 is 2.80 bits per heavy atom. The van der Waals surface area contributed by atoms with Crippen LogP contribution in [0.3, 0.4) is 0 Å². The molecule has 110 valence electrons. The highest BCUT2D eigenvalue weighted by Gasteiger charge is 2.17. The molecular formula is C14H23N5O. The molecule has 1 aliphatic rings. The first-order valence-corrected chi connectivity index (χ1v) is 7.43. The number of rotatable bonds is 4. The van der Waals surface area contributed by atoms with Gasteiger partial charge >= 0.3 is 0 Å². The van der Waals surface area contributed by atoms with Crippen LogP contribution in [0, 0.1) is 6.92 Å². The molecule has 2 N–H and O–H groups in total. The summed E-state index contributed by atoms with van der Waals surface area (Å²) in [5.41, 5.74) is 8.80. The van der Waals surface area contributed by atoms with E-state index in [2.05, 4.69) is 10.1 Å². The van der Waals surface area contributed by atoms with Crippen LogP contribution in [0.4, 0.5) is 5.95 Å². The van der Waals surface area contributed by atoms with Crippen molar-refractivity contribution in [1.29, 1.82) is 0 Å². The minimum absolute atomic E-state index is 0.428. The largest absolute Gasteiger partial charge is 0.376 e. The number of aromatic nitrogens is 4. The molecule has 0 saturated heterocycles. The minimum Gasteiger partial charge on any atom is -0.376 e. The third-order valence-electron chi connectivity index (χ3n) is 4.14. The summed E-state index contributed by atoms with van der Waals surface area (Å²) >= 11 is 0. The number of hydrogen-bond acceptors (Lipinski definition) is 4. The van der Waals surface area contributed by atoms with E-state index in [-0.39, 0.29) is 0 Å². The molecular weight excluding hydrogens is 254 g/mol. The van der Waals surface area contributed by atoms with Crippen molar-refractivity contribution in [1.82, 2.24) is 19.3 Å². The van der Waals surface area contributed by atoms with Crippen molar-refractivity contribution in [2.24, 2.45) is 7.05 Å². The second-order valence-corrected chi connectivity index (χ2v) is 5.63. The number of fused-ring (bicyclic) bond motifs is 1. The topological polar surface area (TPSA) is 70.9 Å². The number of nitrogens with zero attached hydrogens (tertiary/aromatic N) is 4. The zero-order valence-electron chi connectivity index (χ0n) is 12.3. The molecule has 1 aliphatic carbocycles. The van der Waals surface area contributed by atoms with Gasteiger partial charge in [0.15, 0.2) is 5.65 Å². The van der Waals surface area contributed by atoms with Gasteiger partial charge in [0.1, 0.15) is 5.52 Å². The Labute approximate surface area is 118 Å². The number of anilines is 1. The summed E-state index contributed by atoms with van der Waals surface area (Å²) in [6.07, 6.45) is 6.76. The molecule has 0 aromatic carbocycles. The number of nitrogens with two attached hydrogens (primary N) is 1. The Kier molecular flexibility index (Phi) is 3.65. The van der Waals surface area contributed by atoms with Gasteiger partial charge in [-0.1, -0.05) is 19.3 Å². The van der Waals surface area contributed by atoms with Gasteiger partial charge in [0, 0.05) is 7.05 Å². The SMILES string of the molecule is Cc1nn(C)c2c1nc(N)n2CCOC1CCCCC1. The quantitative estimate of drug-likeness (QED) is 0.928. The lowest BCUT2D eigenvalue weighted by Crippen LogP contribution is -2.20. The Balaban J connectivity index is 1.69. The first-order valence-electron chi connectivity index (χ1n) is 7.43. The maximum atomic E-state index is 6.01. The van der Waals surface area contributed by atoms with Crippen LogP contribution in [-0.2, 0) is 18.3 Å². The maximum absolute atomic E-state index is 6.01. The lowest BCUT2D eigenvalue weighted by Gasteiger charge is -2.22. The Hall–Kier alpha value is -1.56. The lowest BCUT2D eigenvalue weighted by atomic mass is 9.98. The van der Waals surface area contributed by atoms with Crippen molar-refractivity contribution in [3.63, 3.8) is 0 Å². The first kappa shape index (κ1) is 13.4. The van der Waals surface area contributed by atoms with E-state index >= 15 is 0 Å². The summed E-state index contributed by atoms with van der Waals surface area (Å²) in [7, 11) is 1.93. The third kappa shape index (κ3) is 2.40. The van der Waals surface area contributed by atoms with Crippen LogP contribution in [0.15, 0.2) is 0 Å². The van der Waals surface area contributed by atoms with E-state index in [1.807, 2.05) is 23.2 Å². The van der Waals surface area contributed by atoms with Gasteiger partial charge in [0.2, 0.25) is 5.95 Å². The van der Waals surface area contributed by atoms with E-state index in [4.69, 9.17) is 10.5 Å². The molecule has 0 unspecified atom stereocenters. The molecule has 2 heterocycles. The van der Waals surface area contributed by atoms with Crippen LogP contribution in [0.25, 0.3) is 11.2 Å². The molecule has 0 amide bonds. The average molecular weight is 277 g/mol. The summed E-state index contributed by atoms with van der Waals surface area (Å²) in [5, 5.41) is 4.39. The molecule has 6 nitrogen and oxygen atoms in total. The molecule has 1 fully saturated rings. The van der Waals surface area contributed by atoms with Crippen LogP contribution in [0.1, 0.15) is 37.8 Å². The van der Waals surface area contributed by atoms with E-state index in [0.717, 1.165) is 23.4 Å². The van der Waals surface area contributed by atoms with Gasteiger partial charge < -0.3 is 10.5 Å². The van der Waals surface area contributed by atoms with Gasteiger partial charge in [0.25, 0.3) is 0 Å². The molecule has 1 saturated carbocycles. The van der Waals surface area contributed by atoms with Crippen molar-refractivity contribution in [2.75, 3.05) is 12.3 Å².